The molecule has 0 aliphatic rings. The van der Waals surface area contributed by atoms with Crippen molar-refractivity contribution in [3.63, 3.8) is 0 Å². The highest BCUT2D eigenvalue weighted by Gasteiger charge is 2.16. The van der Waals surface area contributed by atoms with Crippen LogP contribution in [0.2, 0.25) is 0 Å². The van der Waals surface area contributed by atoms with Gasteiger partial charge in [0.1, 0.15) is 12.2 Å². The fourth-order valence-corrected chi connectivity index (χ4v) is 5.88. The van der Waals surface area contributed by atoms with E-state index in [0.717, 1.165) is 12.8 Å². The standard InChI is InChI=1S/C42H82O5/c1-3-5-7-9-11-13-15-17-19-21-23-25-27-29-31-33-35-45-39-41(37-43)47-42(38-44)40-46-36-34-32-30-28-26-24-22-20-18-16-14-12-10-8-6-4-2/h17-20,41-44H,3-16,21-40H2,1-2H3. The van der Waals surface area contributed by atoms with Crippen LogP contribution in [-0.2, 0) is 14.2 Å². The zero-order valence-corrected chi connectivity index (χ0v) is 31.6. The minimum Gasteiger partial charge on any atom is -0.394 e. The summed E-state index contributed by atoms with van der Waals surface area (Å²) < 4.78 is 17.4. The molecule has 0 saturated carbocycles. The number of hydrogen-bond donors (Lipinski definition) is 2. The molecule has 0 aromatic rings. The van der Waals surface area contributed by atoms with Crippen LogP contribution in [0.15, 0.2) is 24.3 Å². The van der Waals surface area contributed by atoms with Gasteiger partial charge in [0.05, 0.1) is 26.4 Å². The van der Waals surface area contributed by atoms with Gasteiger partial charge in [0.2, 0.25) is 0 Å². The Kier molecular flexibility index (Phi) is 40.8. The molecule has 5 nitrogen and oxygen atoms in total. The Morgan fingerprint density at radius 2 is 0.660 bits per heavy atom. The van der Waals surface area contributed by atoms with Crippen LogP contribution in [0.3, 0.4) is 0 Å². The van der Waals surface area contributed by atoms with Crippen molar-refractivity contribution in [1.29, 1.82) is 0 Å². The predicted octanol–water partition coefficient (Wildman–Crippen LogP) is 11.8. The van der Waals surface area contributed by atoms with E-state index in [1.807, 2.05) is 0 Å². The van der Waals surface area contributed by atoms with Crippen LogP contribution < -0.4 is 0 Å². The number of allylic oxidation sites excluding steroid dienone is 4. The second kappa shape index (κ2) is 41.5. The number of aliphatic hydroxyl groups is 2. The van der Waals surface area contributed by atoms with Gasteiger partial charge in [0.15, 0.2) is 0 Å². The zero-order chi connectivity index (χ0) is 34.1. The Morgan fingerprint density at radius 3 is 0.957 bits per heavy atom. The van der Waals surface area contributed by atoms with Crippen LogP contribution >= 0.6 is 0 Å². The number of hydrogen-bond acceptors (Lipinski definition) is 5. The molecule has 0 bridgehead atoms. The summed E-state index contributed by atoms with van der Waals surface area (Å²) in [6.07, 6.45) is 44.9. The maximum Gasteiger partial charge on any atom is 0.104 e. The monoisotopic (exact) mass is 667 g/mol. The van der Waals surface area contributed by atoms with Crippen LogP contribution in [-0.4, -0.2) is 62.1 Å². The SMILES string of the molecule is CCCCCCCCC=CCCCCCCCCOCC(CO)OC(CO)COCCCCCCCCC=CCCCCCCCC. The number of ether oxygens (including phenoxy) is 3. The third-order valence-corrected chi connectivity index (χ3v) is 9.00. The predicted molar refractivity (Wildman–Crippen MR) is 203 cm³/mol. The summed E-state index contributed by atoms with van der Waals surface area (Å²) in [7, 11) is 0. The van der Waals surface area contributed by atoms with Crippen molar-refractivity contribution in [3.8, 4) is 0 Å². The molecule has 0 aromatic heterocycles. The van der Waals surface area contributed by atoms with E-state index in [0.29, 0.717) is 26.4 Å². The first-order valence-corrected chi connectivity index (χ1v) is 20.6. The lowest BCUT2D eigenvalue weighted by atomic mass is 10.1. The van der Waals surface area contributed by atoms with Crippen molar-refractivity contribution in [2.24, 2.45) is 0 Å². The van der Waals surface area contributed by atoms with Gasteiger partial charge in [-0.05, 0) is 64.2 Å². The first-order chi connectivity index (χ1) is 23.3. The Bertz CT molecular complexity index is 570. The van der Waals surface area contributed by atoms with E-state index in [9.17, 15) is 10.2 Å². The summed E-state index contributed by atoms with van der Waals surface area (Å²) in [5.41, 5.74) is 0. The minimum absolute atomic E-state index is 0.112. The van der Waals surface area contributed by atoms with Crippen molar-refractivity contribution in [2.45, 2.75) is 206 Å². The molecule has 5 heteroatoms. The van der Waals surface area contributed by atoms with Gasteiger partial charge >= 0.3 is 0 Å². The minimum atomic E-state index is -0.421. The fourth-order valence-electron chi connectivity index (χ4n) is 5.88. The smallest absolute Gasteiger partial charge is 0.104 e. The lowest BCUT2D eigenvalue weighted by Gasteiger charge is -2.22. The normalized spacial score (nSPS) is 13.4. The van der Waals surface area contributed by atoms with Crippen molar-refractivity contribution < 1.29 is 24.4 Å². The van der Waals surface area contributed by atoms with Crippen LogP contribution in [0.1, 0.15) is 194 Å². The van der Waals surface area contributed by atoms with Gasteiger partial charge < -0.3 is 24.4 Å². The molecule has 0 heterocycles. The van der Waals surface area contributed by atoms with Gasteiger partial charge in [-0.15, -0.1) is 0 Å². The molecule has 0 saturated heterocycles. The second-order valence-electron chi connectivity index (χ2n) is 13.8. The number of aliphatic hydroxyl groups excluding tert-OH is 2. The summed E-state index contributed by atoms with van der Waals surface area (Å²) in [5.74, 6) is 0. The Morgan fingerprint density at radius 1 is 0.383 bits per heavy atom. The third kappa shape index (κ3) is 37.9. The van der Waals surface area contributed by atoms with E-state index in [2.05, 4.69) is 38.2 Å². The molecule has 2 unspecified atom stereocenters. The molecule has 0 aliphatic heterocycles. The Hall–Kier alpha value is -0.720. The second-order valence-corrected chi connectivity index (χ2v) is 13.8. The lowest BCUT2D eigenvalue weighted by molar-refractivity contribution is -0.115. The first-order valence-electron chi connectivity index (χ1n) is 20.6. The molecule has 0 spiro atoms. The summed E-state index contributed by atoms with van der Waals surface area (Å²) >= 11 is 0. The highest BCUT2D eigenvalue weighted by molar-refractivity contribution is 4.82. The fraction of sp³-hybridized carbons (Fsp3) is 0.905. The van der Waals surface area contributed by atoms with Crippen molar-refractivity contribution in [3.05, 3.63) is 24.3 Å². The molecular weight excluding hydrogens is 584 g/mol. The summed E-state index contributed by atoms with van der Waals surface area (Å²) in [4.78, 5) is 0. The van der Waals surface area contributed by atoms with Crippen LogP contribution in [0.4, 0.5) is 0 Å². The molecular formula is C42H82O5. The Labute approximate surface area is 293 Å². The van der Waals surface area contributed by atoms with E-state index in [4.69, 9.17) is 14.2 Å². The Balaban J connectivity index is 3.53. The average molecular weight is 667 g/mol. The molecule has 0 aliphatic carbocycles. The summed E-state index contributed by atoms with van der Waals surface area (Å²) in [6, 6.07) is 0. The molecule has 0 fully saturated rings. The molecule has 0 amide bonds. The van der Waals surface area contributed by atoms with Crippen LogP contribution in [0.5, 0.6) is 0 Å². The van der Waals surface area contributed by atoms with E-state index in [1.165, 1.54) is 167 Å². The maximum atomic E-state index is 9.71. The highest BCUT2D eigenvalue weighted by atomic mass is 16.6. The van der Waals surface area contributed by atoms with Gasteiger partial charge in [-0.25, -0.2) is 0 Å². The molecule has 0 aromatic carbocycles. The average Bonchev–Trinajstić information content (AvgIpc) is 3.09. The molecule has 2 N–H and O–H groups in total. The van der Waals surface area contributed by atoms with Gasteiger partial charge in [-0.1, -0.05) is 154 Å². The summed E-state index contributed by atoms with van der Waals surface area (Å²) in [6.45, 7) is 6.42. The van der Waals surface area contributed by atoms with Crippen molar-refractivity contribution in [1.82, 2.24) is 0 Å². The summed E-state index contributed by atoms with van der Waals surface area (Å²) in [5, 5.41) is 19.4. The van der Waals surface area contributed by atoms with Gasteiger partial charge in [-0.3, -0.25) is 0 Å². The molecule has 2 atom stereocenters. The molecule has 0 radical (unpaired) electrons. The van der Waals surface area contributed by atoms with Crippen LogP contribution in [0, 0.1) is 0 Å². The van der Waals surface area contributed by atoms with Gasteiger partial charge in [0.25, 0.3) is 0 Å². The zero-order valence-electron chi connectivity index (χ0n) is 31.6. The quantitative estimate of drug-likeness (QED) is 0.0503. The maximum absolute atomic E-state index is 9.71. The number of rotatable bonds is 40. The van der Waals surface area contributed by atoms with E-state index < -0.39 is 12.2 Å². The van der Waals surface area contributed by atoms with Gasteiger partial charge in [-0.2, -0.15) is 0 Å². The molecule has 47 heavy (non-hydrogen) atoms. The highest BCUT2D eigenvalue weighted by Crippen LogP contribution is 2.12. The van der Waals surface area contributed by atoms with Gasteiger partial charge in [0, 0.05) is 13.2 Å². The van der Waals surface area contributed by atoms with Crippen LogP contribution in [0.25, 0.3) is 0 Å². The number of unbranched alkanes of at least 4 members (excludes halogenated alkanes) is 24. The van der Waals surface area contributed by atoms with Crippen molar-refractivity contribution in [2.75, 3.05) is 39.6 Å². The third-order valence-electron chi connectivity index (χ3n) is 9.00. The lowest BCUT2D eigenvalue weighted by Crippen LogP contribution is -2.34. The first kappa shape index (κ1) is 46.3. The largest absolute Gasteiger partial charge is 0.394 e. The molecule has 0 rings (SSSR count). The van der Waals surface area contributed by atoms with E-state index in [1.54, 1.807) is 0 Å². The van der Waals surface area contributed by atoms with E-state index in [-0.39, 0.29) is 13.2 Å². The van der Waals surface area contributed by atoms with E-state index >= 15 is 0 Å². The van der Waals surface area contributed by atoms with Crippen molar-refractivity contribution >= 4 is 0 Å². The molecule has 280 valence electrons. The topological polar surface area (TPSA) is 68.2 Å².